The lowest BCUT2D eigenvalue weighted by Gasteiger charge is -2.30. The van der Waals surface area contributed by atoms with Gasteiger partial charge in [-0.2, -0.15) is 10.2 Å². The summed E-state index contributed by atoms with van der Waals surface area (Å²) < 4.78 is 15.1. The molecule has 5 rings (SSSR count). The fourth-order valence-corrected chi connectivity index (χ4v) is 4.86. The molecule has 4 aromatic rings. The van der Waals surface area contributed by atoms with Gasteiger partial charge in [0.25, 0.3) is 5.91 Å². The van der Waals surface area contributed by atoms with Crippen LogP contribution in [0.2, 0.25) is 0 Å². The number of benzene rings is 2. The van der Waals surface area contributed by atoms with Gasteiger partial charge in [0, 0.05) is 11.1 Å². The van der Waals surface area contributed by atoms with Gasteiger partial charge < -0.3 is 10.6 Å². The van der Waals surface area contributed by atoms with Gasteiger partial charge in [0.2, 0.25) is 5.91 Å². The third-order valence-corrected chi connectivity index (χ3v) is 6.84. The number of nitrogens with zero attached hydrogens (tertiary/aromatic N) is 3. The Kier molecular flexibility index (Phi) is 6.54. The molecule has 0 spiro atoms. The number of fused-ring (bicyclic) bond motifs is 2. The van der Waals surface area contributed by atoms with Crippen LogP contribution in [0.1, 0.15) is 60.2 Å². The minimum Gasteiger partial charge on any atom is -0.349 e. The average molecular weight is 503 g/mol. The molecule has 9 heteroatoms. The summed E-state index contributed by atoms with van der Waals surface area (Å²) in [7, 11) is 0. The molecule has 2 aromatic carbocycles. The zero-order valence-corrected chi connectivity index (χ0v) is 21.3. The minimum absolute atomic E-state index is 0.241. The number of aromatic nitrogens is 4. The van der Waals surface area contributed by atoms with Crippen molar-refractivity contribution < 1.29 is 14.0 Å². The van der Waals surface area contributed by atoms with Gasteiger partial charge in [0.05, 0.1) is 24.3 Å². The number of nitrogens with one attached hydrogen (secondary N) is 3. The summed E-state index contributed by atoms with van der Waals surface area (Å²) in [5.74, 6) is -1.01. The lowest BCUT2D eigenvalue weighted by molar-refractivity contribution is -0.125. The van der Waals surface area contributed by atoms with Crippen LogP contribution >= 0.6 is 0 Å². The van der Waals surface area contributed by atoms with E-state index in [2.05, 4.69) is 25.9 Å². The first-order chi connectivity index (χ1) is 17.7. The van der Waals surface area contributed by atoms with E-state index in [9.17, 15) is 14.0 Å². The van der Waals surface area contributed by atoms with Gasteiger partial charge in [0.15, 0.2) is 5.69 Å². The van der Waals surface area contributed by atoms with Gasteiger partial charge in [0.1, 0.15) is 11.9 Å². The van der Waals surface area contributed by atoms with Crippen LogP contribution in [0.3, 0.4) is 0 Å². The molecule has 8 nitrogen and oxygen atoms in total. The Morgan fingerprint density at radius 3 is 2.62 bits per heavy atom. The standard InChI is InChI=1S/C28H31FN6O2/c1-28(2,3)25(27(37)30-15-22-19-8-6-9-21(19)32-33-22)31-26(36)24-20-7-4-5-10-23(20)35(34-24)16-17-11-13-18(29)14-12-17/h4-5,7,10-14,25H,6,8-9,15-16H2,1-3H3,(H,30,37)(H,31,36)(H,32,33)/t25-/m1/s1. The Balaban J connectivity index is 1.36. The summed E-state index contributed by atoms with van der Waals surface area (Å²) in [6.45, 7) is 6.42. The number of halogens is 1. The van der Waals surface area contributed by atoms with Crippen molar-refractivity contribution in [1.82, 2.24) is 30.6 Å². The van der Waals surface area contributed by atoms with E-state index >= 15 is 0 Å². The molecule has 0 aliphatic heterocycles. The molecule has 0 unspecified atom stereocenters. The van der Waals surface area contributed by atoms with Crippen LogP contribution in [-0.2, 0) is 30.7 Å². The van der Waals surface area contributed by atoms with Crippen LogP contribution in [0, 0.1) is 11.2 Å². The first-order valence-corrected chi connectivity index (χ1v) is 12.5. The molecule has 1 aliphatic rings. The van der Waals surface area contributed by atoms with Crippen molar-refractivity contribution in [2.24, 2.45) is 5.41 Å². The second kappa shape index (κ2) is 9.80. The van der Waals surface area contributed by atoms with Gasteiger partial charge in [-0.25, -0.2) is 4.39 Å². The number of hydrogen-bond acceptors (Lipinski definition) is 4. The highest BCUT2D eigenvalue weighted by molar-refractivity contribution is 6.06. The first-order valence-electron chi connectivity index (χ1n) is 12.5. The number of carbonyl (C=O) groups is 2. The Hall–Kier alpha value is -4.01. The molecule has 37 heavy (non-hydrogen) atoms. The second-order valence-corrected chi connectivity index (χ2v) is 10.6. The number of carbonyl (C=O) groups excluding carboxylic acids is 2. The Morgan fingerprint density at radius 1 is 1.11 bits per heavy atom. The van der Waals surface area contributed by atoms with Crippen molar-refractivity contribution in [2.45, 2.75) is 59.2 Å². The van der Waals surface area contributed by atoms with E-state index in [1.165, 1.54) is 17.7 Å². The smallest absolute Gasteiger partial charge is 0.273 e. The third kappa shape index (κ3) is 5.12. The highest BCUT2D eigenvalue weighted by Gasteiger charge is 2.34. The third-order valence-electron chi connectivity index (χ3n) is 6.84. The zero-order chi connectivity index (χ0) is 26.2. The predicted octanol–water partition coefficient (Wildman–Crippen LogP) is 3.90. The van der Waals surface area contributed by atoms with Gasteiger partial charge in [-0.1, -0.05) is 51.1 Å². The molecule has 3 N–H and O–H groups in total. The maximum Gasteiger partial charge on any atom is 0.273 e. The molecule has 1 atom stereocenters. The molecular weight excluding hydrogens is 471 g/mol. The van der Waals surface area contributed by atoms with E-state index in [1.807, 2.05) is 45.0 Å². The van der Waals surface area contributed by atoms with E-state index < -0.39 is 17.4 Å². The monoisotopic (exact) mass is 502 g/mol. The summed E-state index contributed by atoms with van der Waals surface area (Å²) in [6, 6.07) is 12.9. The highest BCUT2D eigenvalue weighted by atomic mass is 19.1. The minimum atomic E-state index is -0.784. The van der Waals surface area contributed by atoms with Crippen LogP contribution in [0.15, 0.2) is 48.5 Å². The fraction of sp³-hybridized carbons (Fsp3) is 0.357. The number of aromatic amines is 1. The average Bonchev–Trinajstić information content (AvgIpc) is 3.57. The molecule has 0 fully saturated rings. The van der Waals surface area contributed by atoms with E-state index in [-0.39, 0.29) is 17.4 Å². The summed E-state index contributed by atoms with van der Waals surface area (Å²) in [5.41, 5.74) is 4.53. The zero-order valence-electron chi connectivity index (χ0n) is 21.3. The number of para-hydroxylation sites is 1. The lowest BCUT2D eigenvalue weighted by atomic mass is 9.86. The van der Waals surface area contributed by atoms with Crippen molar-refractivity contribution in [3.8, 4) is 0 Å². The van der Waals surface area contributed by atoms with E-state index in [0.717, 1.165) is 41.7 Å². The summed E-state index contributed by atoms with van der Waals surface area (Å²) in [5, 5.41) is 18.6. The number of hydrogen-bond donors (Lipinski definition) is 3. The van der Waals surface area contributed by atoms with E-state index in [0.29, 0.717) is 18.5 Å². The Morgan fingerprint density at radius 2 is 1.86 bits per heavy atom. The fourth-order valence-electron chi connectivity index (χ4n) is 4.86. The molecule has 192 valence electrons. The van der Waals surface area contributed by atoms with Crippen LogP contribution in [0.4, 0.5) is 4.39 Å². The van der Waals surface area contributed by atoms with Gasteiger partial charge in [-0.15, -0.1) is 0 Å². The van der Waals surface area contributed by atoms with Crippen LogP contribution in [-0.4, -0.2) is 37.8 Å². The number of rotatable bonds is 7. The first kappa shape index (κ1) is 24.7. The summed E-state index contributed by atoms with van der Waals surface area (Å²) in [4.78, 5) is 26.8. The SMILES string of the molecule is CC(C)(C)[C@H](NC(=O)c1nn(Cc2ccc(F)cc2)c2ccccc12)C(=O)NCc1n[nH]c2c1CCC2. The molecule has 1 aliphatic carbocycles. The largest absolute Gasteiger partial charge is 0.349 e. The Labute approximate surface area is 214 Å². The molecular formula is C28H31FN6O2. The molecule has 2 amide bonds. The molecule has 2 heterocycles. The second-order valence-electron chi connectivity index (χ2n) is 10.6. The van der Waals surface area contributed by atoms with Gasteiger partial charge in [-0.3, -0.25) is 19.4 Å². The van der Waals surface area contributed by atoms with Gasteiger partial charge >= 0.3 is 0 Å². The van der Waals surface area contributed by atoms with Crippen molar-refractivity contribution in [3.05, 3.63) is 82.6 Å². The van der Waals surface area contributed by atoms with Crippen molar-refractivity contribution in [2.75, 3.05) is 0 Å². The predicted molar refractivity (Wildman–Crippen MR) is 138 cm³/mol. The van der Waals surface area contributed by atoms with Crippen LogP contribution < -0.4 is 10.6 Å². The summed E-state index contributed by atoms with van der Waals surface area (Å²) in [6.07, 6.45) is 3.04. The van der Waals surface area contributed by atoms with E-state index in [1.54, 1.807) is 16.8 Å². The maximum atomic E-state index is 13.5. The quantitative estimate of drug-likeness (QED) is 0.357. The maximum absolute atomic E-state index is 13.5. The molecule has 0 bridgehead atoms. The van der Waals surface area contributed by atoms with Crippen molar-refractivity contribution >= 4 is 22.7 Å². The van der Waals surface area contributed by atoms with E-state index in [4.69, 9.17) is 0 Å². The number of H-pyrrole nitrogens is 1. The molecule has 2 aromatic heterocycles. The summed E-state index contributed by atoms with van der Waals surface area (Å²) >= 11 is 0. The molecule has 0 saturated heterocycles. The Bertz CT molecular complexity index is 1450. The number of amides is 2. The topological polar surface area (TPSA) is 105 Å². The molecule has 0 saturated carbocycles. The lowest BCUT2D eigenvalue weighted by Crippen LogP contribution is -2.53. The number of aryl methyl sites for hydroxylation is 1. The van der Waals surface area contributed by atoms with Crippen LogP contribution in [0.25, 0.3) is 10.9 Å². The highest BCUT2D eigenvalue weighted by Crippen LogP contribution is 2.25. The normalized spacial score (nSPS) is 13.9. The van der Waals surface area contributed by atoms with Crippen LogP contribution in [0.5, 0.6) is 0 Å². The van der Waals surface area contributed by atoms with Gasteiger partial charge in [-0.05, 0) is 54.0 Å². The van der Waals surface area contributed by atoms with Crippen molar-refractivity contribution in [3.63, 3.8) is 0 Å². The molecule has 0 radical (unpaired) electrons. The van der Waals surface area contributed by atoms with Crippen molar-refractivity contribution in [1.29, 1.82) is 0 Å².